The summed E-state index contributed by atoms with van der Waals surface area (Å²) in [4.78, 5) is 13.8. The highest BCUT2D eigenvalue weighted by Crippen LogP contribution is 2.35. The Morgan fingerprint density at radius 1 is 1.27 bits per heavy atom. The number of hydrogen-bond acceptors (Lipinski definition) is 8. The Labute approximate surface area is 163 Å². The summed E-state index contributed by atoms with van der Waals surface area (Å²) in [7, 11) is -3.02. The normalized spacial score (nSPS) is 20.9. The van der Waals surface area contributed by atoms with Gasteiger partial charge in [-0.15, -0.1) is 10.2 Å². The van der Waals surface area contributed by atoms with Crippen molar-refractivity contribution >= 4 is 39.3 Å². The number of aromatic nitrogens is 3. The van der Waals surface area contributed by atoms with E-state index in [0.29, 0.717) is 29.8 Å². The molecule has 11 heteroatoms. The molecule has 2 unspecified atom stereocenters. The molecule has 0 aromatic carbocycles. The van der Waals surface area contributed by atoms with Crippen molar-refractivity contribution in [1.29, 1.82) is 0 Å². The zero-order valence-electron chi connectivity index (χ0n) is 15.4. The Morgan fingerprint density at radius 3 is 2.54 bits per heavy atom. The van der Waals surface area contributed by atoms with Gasteiger partial charge in [0.2, 0.25) is 16.2 Å². The monoisotopic (exact) mass is 421 g/mol. The Balaban J connectivity index is 1.95. The van der Waals surface area contributed by atoms with Gasteiger partial charge < -0.3 is 10.7 Å². The van der Waals surface area contributed by atoms with Crippen LogP contribution >= 0.6 is 23.5 Å². The summed E-state index contributed by atoms with van der Waals surface area (Å²) in [5.41, 5.74) is 0. The average molecular weight is 422 g/mol. The number of nitrogens with two attached hydrogens (primary N) is 1. The number of rotatable bonds is 8. The largest absolute Gasteiger partial charge is 0.343 e. The molecular formula is C15H27N5O3S3. The molecule has 2 atom stereocenters. The predicted molar refractivity (Wildman–Crippen MR) is 106 cm³/mol. The van der Waals surface area contributed by atoms with E-state index in [2.05, 4.69) is 10.2 Å². The zero-order valence-corrected chi connectivity index (χ0v) is 17.9. The molecule has 2 N–H and O–H groups in total. The van der Waals surface area contributed by atoms with Crippen LogP contribution in [0.3, 0.4) is 0 Å². The number of nitrogens with zero attached hydrogens (tertiary/aromatic N) is 4. The molecule has 0 radical (unpaired) electrons. The summed E-state index contributed by atoms with van der Waals surface area (Å²) < 4.78 is 25.0. The van der Waals surface area contributed by atoms with Gasteiger partial charge in [0.05, 0.1) is 11.0 Å². The van der Waals surface area contributed by atoms with Crippen LogP contribution in [0.4, 0.5) is 0 Å². The summed E-state index contributed by atoms with van der Waals surface area (Å²) in [6.45, 7) is 5.24. The smallest absolute Gasteiger partial charge is 0.233 e. The van der Waals surface area contributed by atoms with E-state index in [-0.39, 0.29) is 22.2 Å². The van der Waals surface area contributed by atoms with Gasteiger partial charge in [0.15, 0.2) is 0 Å². The molecule has 8 nitrogen and oxygen atoms in total. The third kappa shape index (κ3) is 5.53. The van der Waals surface area contributed by atoms with Gasteiger partial charge in [0, 0.05) is 24.6 Å². The molecule has 1 heterocycles. The molecule has 1 aromatic heterocycles. The van der Waals surface area contributed by atoms with Crippen LogP contribution in [0, 0.1) is 0 Å². The van der Waals surface area contributed by atoms with Crippen molar-refractivity contribution in [1.82, 2.24) is 19.8 Å². The zero-order chi connectivity index (χ0) is 19.3. The highest BCUT2D eigenvalue weighted by molar-refractivity contribution is 8.00. The van der Waals surface area contributed by atoms with Crippen LogP contribution in [0.5, 0.6) is 0 Å². The van der Waals surface area contributed by atoms with Crippen molar-refractivity contribution in [2.24, 2.45) is 0 Å². The van der Waals surface area contributed by atoms with E-state index in [1.807, 2.05) is 13.8 Å². The van der Waals surface area contributed by atoms with Crippen molar-refractivity contribution < 1.29 is 13.2 Å². The lowest BCUT2D eigenvalue weighted by Gasteiger charge is -2.26. The molecule has 0 saturated heterocycles. The lowest BCUT2D eigenvalue weighted by molar-refractivity contribution is -0.127. The van der Waals surface area contributed by atoms with Crippen molar-refractivity contribution in [3.63, 3.8) is 0 Å². The average Bonchev–Trinajstić information content (AvgIpc) is 2.94. The fraction of sp³-hybridized carbons (Fsp3) is 0.800. The minimum atomic E-state index is -3.02. The Bertz CT molecular complexity index is 718. The van der Waals surface area contributed by atoms with Gasteiger partial charge in [-0.05, 0) is 33.1 Å². The fourth-order valence-electron chi connectivity index (χ4n) is 2.98. The highest BCUT2D eigenvalue weighted by atomic mass is 32.2. The van der Waals surface area contributed by atoms with E-state index < -0.39 is 9.84 Å². The molecule has 0 spiro atoms. The first-order chi connectivity index (χ1) is 12.3. The molecule has 1 fully saturated rings. The molecule has 1 aliphatic carbocycles. The lowest BCUT2D eigenvalue weighted by Crippen LogP contribution is -2.32. The maximum absolute atomic E-state index is 12.1. The number of amides is 1. The second-order valence-corrected chi connectivity index (χ2v) is 10.9. The van der Waals surface area contributed by atoms with Gasteiger partial charge in [-0.1, -0.05) is 29.9 Å². The molecule has 1 saturated carbocycles. The molecule has 1 aliphatic rings. The third-order valence-corrected chi connectivity index (χ3v) is 8.35. The van der Waals surface area contributed by atoms with E-state index >= 15 is 0 Å². The summed E-state index contributed by atoms with van der Waals surface area (Å²) >= 11 is 2.74. The van der Waals surface area contributed by atoms with Crippen LogP contribution in [-0.2, 0) is 14.6 Å². The van der Waals surface area contributed by atoms with E-state index in [4.69, 9.17) is 5.84 Å². The standard InChI is InChI=1S/C15H27N5O3S3/c1-4-19(5-2)13(21)10-24-14-17-18-15(20(14)16)25-11-7-6-8-12(9-11)26(3,22)23/h11-12H,4-10,16H2,1-3H3. The first-order valence-corrected chi connectivity index (χ1v) is 12.5. The number of carbonyl (C=O) groups excluding carboxylic acids is 1. The highest BCUT2D eigenvalue weighted by Gasteiger charge is 2.30. The van der Waals surface area contributed by atoms with Crippen molar-refractivity contribution in [2.45, 2.75) is 60.3 Å². The topological polar surface area (TPSA) is 111 Å². The molecular weight excluding hydrogens is 394 g/mol. The number of nitrogen functional groups attached to an aromatic ring is 1. The number of hydrogen-bond donors (Lipinski definition) is 1. The summed E-state index contributed by atoms with van der Waals surface area (Å²) in [5, 5.41) is 9.10. The van der Waals surface area contributed by atoms with Gasteiger partial charge >= 0.3 is 0 Å². The number of sulfone groups is 1. The van der Waals surface area contributed by atoms with Crippen molar-refractivity contribution in [3.05, 3.63) is 0 Å². The van der Waals surface area contributed by atoms with E-state index in [1.54, 1.807) is 4.90 Å². The molecule has 148 valence electrons. The van der Waals surface area contributed by atoms with Gasteiger partial charge in [-0.3, -0.25) is 4.79 Å². The predicted octanol–water partition coefficient (Wildman–Crippen LogP) is 1.40. The molecule has 1 aromatic rings. The van der Waals surface area contributed by atoms with Crippen LogP contribution in [0.15, 0.2) is 10.3 Å². The maximum atomic E-state index is 12.1. The van der Waals surface area contributed by atoms with E-state index in [0.717, 1.165) is 19.3 Å². The van der Waals surface area contributed by atoms with Crippen LogP contribution in [0.1, 0.15) is 39.5 Å². The Hall–Kier alpha value is -0.940. The van der Waals surface area contributed by atoms with Gasteiger partial charge in [0.25, 0.3) is 0 Å². The molecule has 0 aliphatic heterocycles. The van der Waals surface area contributed by atoms with Crippen molar-refractivity contribution in [3.8, 4) is 0 Å². The Kier molecular flexibility index (Phi) is 7.65. The quantitative estimate of drug-likeness (QED) is 0.495. The number of carbonyl (C=O) groups is 1. The minimum Gasteiger partial charge on any atom is -0.343 e. The van der Waals surface area contributed by atoms with Crippen LogP contribution in [0.25, 0.3) is 0 Å². The summed E-state index contributed by atoms with van der Waals surface area (Å²) in [6, 6.07) is 0. The summed E-state index contributed by atoms with van der Waals surface area (Å²) in [6.07, 6.45) is 4.46. The lowest BCUT2D eigenvalue weighted by atomic mass is 10.00. The molecule has 0 bridgehead atoms. The fourth-order valence-corrected chi connectivity index (χ4v) is 6.30. The minimum absolute atomic E-state index is 0.0421. The van der Waals surface area contributed by atoms with Gasteiger partial charge in [-0.25, -0.2) is 13.1 Å². The van der Waals surface area contributed by atoms with Crippen LogP contribution in [-0.4, -0.2) is 69.7 Å². The third-order valence-electron chi connectivity index (χ3n) is 4.53. The van der Waals surface area contributed by atoms with Gasteiger partial charge in [0.1, 0.15) is 9.84 Å². The number of thioether (sulfide) groups is 2. The maximum Gasteiger partial charge on any atom is 0.233 e. The SMILES string of the molecule is CCN(CC)C(=O)CSc1nnc(SC2CCCC(S(C)(=O)=O)C2)n1N. The molecule has 1 amide bonds. The van der Waals surface area contributed by atoms with Gasteiger partial charge in [-0.2, -0.15) is 0 Å². The molecule has 2 rings (SSSR count). The Morgan fingerprint density at radius 2 is 1.92 bits per heavy atom. The van der Waals surface area contributed by atoms with E-state index in [1.165, 1.54) is 34.5 Å². The van der Waals surface area contributed by atoms with E-state index in [9.17, 15) is 13.2 Å². The second-order valence-electron chi connectivity index (χ2n) is 6.35. The molecule has 26 heavy (non-hydrogen) atoms. The van der Waals surface area contributed by atoms with Crippen LogP contribution < -0.4 is 5.84 Å². The van der Waals surface area contributed by atoms with Crippen molar-refractivity contribution in [2.75, 3.05) is 30.9 Å². The summed E-state index contributed by atoms with van der Waals surface area (Å²) in [5.74, 6) is 6.38. The first kappa shape index (κ1) is 21.4. The van der Waals surface area contributed by atoms with Crippen LogP contribution in [0.2, 0.25) is 0 Å². The second kappa shape index (κ2) is 9.32. The first-order valence-electron chi connectivity index (χ1n) is 8.72.